The molecule has 0 radical (unpaired) electrons. The van der Waals surface area contributed by atoms with Crippen LogP contribution in [0, 0.1) is 5.82 Å². The quantitative estimate of drug-likeness (QED) is 0.285. The third-order valence-corrected chi connectivity index (χ3v) is 10.7. The van der Waals surface area contributed by atoms with Gasteiger partial charge in [-0.05, 0) is 20.8 Å². The fourth-order valence-corrected chi connectivity index (χ4v) is 6.64. The van der Waals surface area contributed by atoms with E-state index in [1.165, 1.54) is 12.1 Å². The molecule has 1 heterocycles. The molecule has 0 bridgehead atoms. The number of benzene rings is 2. The summed E-state index contributed by atoms with van der Waals surface area (Å²) < 4.78 is 26.3. The van der Waals surface area contributed by atoms with Gasteiger partial charge in [0.25, 0.3) is 0 Å². The average molecular weight is 615 g/mol. The molecule has 1 aromatic heterocycles. The molecule has 0 saturated carbocycles. The van der Waals surface area contributed by atoms with Gasteiger partial charge in [-0.15, -0.1) is 0 Å². The minimum atomic E-state index is -2.62. The van der Waals surface area contributed by atoms with Gasteiger partial charge in [0, 0.05) is 0 Å². The molecule has 0 fully saturated rings. The van der Waals surface area contributed by atoms with E-state index in [9.17, 15) is 14.0 Å². The number of aromatic nitrogens is 4. The maximum atomic E-state index is 14.3. The van der Waals surface area contributed by atoms with Gasteiger partial charge in [0.05, 0.1) is 0 Å². The number of esters is 2. The Morgan fingerprint density at radius 3 is 1.49 bits per heavy atom. The Morgan fingerprint density at radius 2 is 1.08 bits per heavy atom. The van der Waals surface area contributed by atoms with Crippen LogP contribution in [0.25, 0.3) is 22.8 Å². The molecule has 196 valence electrons. The van der Waals surface area contributed by atoms with Crippen molar-refractivity contribution in [1.29, 1.82) is 0 Å². The summed E-state index contributed by atoms with van der Waals surface area (Å²) >= 11 is -2.62. The van der Waals surface area contributed by atoms with Gasteiger partial charge in [0.15, 0.2) is 0 Å². The van der Waals surface area contributed by atoms with Gasteiger partial charge in [-0.1, -0.05) is 0 Å². The predicted octanol–water partition coefficient (Wildman–Crippen LogP) is 5.20. The number of rotatable bonds is 5. The summed E-state index contributed by atoms with van der Waals surface area (Å²) in [6.45, 7) is 10.6. The molecule has 3 aromatic rings. The molecule has 3 rings (SSSR count). The summed E-state index contributed by atoms with van der Waals surface area (Å²) in [5.41, 5.74) is -0.0945. The van der Waals surface area contributed by atoms with Gasteiger partial charge >= 0.3 is 195 Å². The fraction of sp³-hybridized carbons (Fsp3) is 0.407. The Labute approximate surface area is 220 Å². The van der Waals surface area contributed by atoms with Crippen molar-refractivity contribution in [2.75, 3.05) is 0 Å². The second-order valence-electron chi connectivity index (χ2n) is 11.8. The number of carbonyl (C=O) groups excluding carboxylic acids is 2. The Morgan fingerprint density at radius 1 is 0.676 bits per heavy atom. The van der Waals surface area contributed by atoms with Gasteiger partial charge in [-0.25, -0.2) is 0 Å². The summed E-state index contributed by atoms with van der Waals surface area (Å²) in [7, 11) is 0. The van der Waals surface area contributed by atoms with Crippen molar-refractivity contribution < 1.29 is 23.5 Å². The van der Waals surface area contributed by atoms with Crippen molar-refractivity contribution in [3.05, 3.63) is 53.3 Å². The van der Waals surface area contributed by atoms with E-state index in [0.29, 0.717) is 11.1 Å². The molecule has 0 N–H and O–H groups in total. The topological polar surface area (TPSA) is 104 Å². The van der Waals surface area contributed by atoms with E-state index in [4.69, 9.17) is 9.47 Å². The first-order valence-corrected chi connectivity index (χ1v) is 21.9. The number of carbonyl (C=O) groups is 2. The number of hydrogen-bond acceptors (Lipinski definition) is 8. The van der Waals surface area contributed by atoms with E-state index in [-0.39, 0.29) is 22.8 Å². The Balaban J connectivity index is 1.99. The first kappa shape index (κ1) is 28.6. The zero-order chi connectivity index (χ0) is 27.8. The van der Waals surface area contributed by atoms with E-state index >= 15 is 0 Å². The van der Waals surface area contributed by atoms with Gasteiger partial charge in [-0.3, -0.25) is 0 Å². The zero-order valence-electron chi connectivity index (χ0n) is 22.8. The van der Waals surface area contributed by atoms with Crippen LogP contribution >= 0.6 is 0 Å². The molecule has 0 saturated heterocycles. The van der Waals surface area contributed by atoms with Crippen LogP contribution in [0.15, 0.2) is 36.4 Å². The van der Waals surface area contributed by atoms with Crippen molar-refractivity contribution in [3.63, 3.8) is 0 Å². The molecule has 10 heteroatoms. The normalized spacial score (nSPS) is 12.3. The Bertz CT molecular complexity index is 1320. The third kappa shape index (κ3) is 8.01. The van der Waals surface area contributed by atoms with Crippen molar-refractivity contribution in [2.24, 2.45) is 0 Å². The second-order valence-corrected chi connectivity index (χ2v) is 26.3. The van der Waals surface area contributed by atoms with E-state index < -0.39 is 47.3 Å². The van der Waals surface area contributed by atoms with Gasteiger partial charge < -0.3 is 0 Å². The first-order chi connectivity index (χ1) is 16.9. The van der Waals surface area contributed by atoms with E-state index in [2.05, 4.69) is 35.2 Å². The van der Waals surface area contributed by atoms with Crippen LogP contribution < -0.4 is 3.58 Å². The number of nitrogens with zero attached hydrogens (tertiary/aromatic N) is 4. The monoisotopic (exact) mass is 616 g/mol. The molecule has 0 aliphatic rings. The fourth-order valence-electron chi connectivity index (χ4n) is 3.28. The number of halogens is 1. The molecule has 0 atom stereocenters. The average Bonchev–Trinajstić information content (AvgIpc) is 2.75. The molecule has 2 aromatic carbocycles. The molecule has 0 unspecified atom stereocenters. The summed E-state index contributed by atoms with van der Waals surface area (Å²) in [5, 5.41) is 16.6. The van der Waals surface area contributed by atoms with Crippen LogP contribution in [-0.2, 0) is 9.47 Å². The second kappa shape index (κ2) is 10.4. The summed E-state index contributed by atoms with van der Waals surface area (Å²) in [5.74, 6) is -1.47. The van der Waals surface area contributed by atoms with Crippen LogP contribution in [-0.4, -0.2) is 61.9 Å². The molecule has 0 spiro atoms. The Kier molecular flexibility index (Phi) is 8.07. The van der Waals surface area contributed by atoms with E-state index in [1.807, 2.05) is 32.9 Å². The molecule has 0 amide bonds. The van der Waals surface area contributed by atoms with Crippen molar-refractivity contribution in [3.8, 4) is 22.8 Å². The van der Waals surface area contributed by atoms with Gasteiger partial charge in [0.2, 0.25) is 0 Å². The van der Waals surface area contributed by atoms with Crippen LogP contribution in [0.2, 0.25) is 14.8 Å². The van der Waals surface area contributed by atoms with Gasteiger partial charge in [0.1, 0.15) is 5.60 Å². The molecular formula is C27H33FN4O4Sn. The SMILES string of the molecule is CC(C)(C)OC(=O)c1cc(F)cc(-c2nnc(-c3cc(C(=O)OC(C)(C)C)c[c]([Sn]([CH3])([CH3])[CH3])c3)nn2)c1. The van der Waals surface area contributed by atoms with E-state index in [0.717, 1.165) is 9.65 Å². The maximum absolute atomic E-state index is 14.3. The number of hydrogen-bond donors (Lipinski definition) is 0. The van der Waals surface area contributed by atoms with E-state index in [1.54, 1.807) is 26.8 Å². The first-order valence-electron chi connectivity index (χ1n) is 11.9. The van der Waals surface area contributed by atoms with Crippen LogP contribution in [0.3, 0.4) is 0 Å². The zero-order valence-corrected chi connectivity index (χ0v) is 25.6. The minimum absolute atomic E-state index is 0.0324. The van der Waals surface area contributed by atoms with Crippen LogP contribution in [0.1, 0.15) is 62.3 Å². The third-order valence-electron chi connectivity index (χ3n) is 4.96. The van der Waals surface area contributed by atoms with Crippen molar-refractivity contribution in [2.45, 2.75) is 67.6 Å². The standard InChI is InChI=1S/C24H24FN4O4.3CH3.Sn/c1-23(2,3)32-21(30)15-9-7-8-14(10-15)19-26-28-20(29-27-19)16-11-17(13-18(25)12-16)22(31)33-24(4,5)6;;;;/h8-13H,1-6H3;3*1H3;. The molecule has 0 aliphatic carbocycles. The predicted molar refractivity (Wildman–Crippen MR) is 142 cm³/mol. The van der Waals surface area contributed by atoms with Gasteiger partial charge in [-0.2, -0.15) is 0 Å². The number of ether oxygens (including phenoxy) is 2. The molecular weight excluding hydrogens is 582 g/mol. The molecule has 8 nitrogen and oxygen atoms in total. The van der Waals surface area contributed by atoms with Crippen molar-refractivity contribution in [1.82, 2.24) is 20.4 Å². The summed E-state index contributed by atoms with van der Waals surface area (Å²) in [6, 6.07) is 9.23. The molecule has 0 aliphatic heterocycles. The molecule has 37 heavy (non-hydrogen) atoms. The Hall–Kier alpha value is -2.95. The summed E-state index contributed by atoms with van der Waals surface area (Å²) in [6.07, 6.45) is 0. The summed E-state index contributed by atoms with van der Waals surface area (Å²) in [4.78, 5) is 32.0. The van der Waals surface area contributed by atoms with Crippen LogP contribution in [0.4, 0.5) is 4.39 Å². The van der Waals surface area contributed by atoms with Crippen LogP contribution in [0.5, 0.6) is 0 Å². The van der Waals surface area contributed by atoms with Crippen molar-refractivity contribution >= 4 is 33.9 Å².